The fourth-order valence-electron chi connectivity index (χ4n) is 1.62. The predicted octanol–water partition coefficient (Wildman–Crippen LogP) is 0.934. The summed E-state index contributed by atoms with van der Waals surface area (Å²) in [6.07, 6.45) is 4.03. The molecule has 0 radical (unpaired) electrons. The molecule has 0 spiro atoms. The molecule has 7 nitrogen and oxygen atoms in total. The molecule has 2 heterocycles. The number of hydrogen-bond acceptors (Lipinski definition) is 4. The number of rotatable bonds is 5. The van der Waals surface area contributed by atoms with Gasteiger partial charge >= 0.3 is 0 Å². The molecule has 8 heteroatoms. The maximum absolute atomic E-state index is 5.26. The maximum Gasteiger partial charge on any atom is 0.191 e. The SMILES string of the molecule is CN=C(NCCc1ccco1)NCc1ncnn1C.I. The second-order valence-electron chi connectivity index (χ2n) is 3.98. The molecular weight excluding hydrogens is 371 g/mol. The van der Waals surface area contributed by atoms with Crippen molar-refractivity contribution in [1.29, 1.82) is 0 Å². The van der Waals surface area contributed by atoms with Crippen molar-refractivity contribution >= 4 is 29.9 Å². The first kappa shape index (κ1) is 16.5. The van der Waals surface area contributed by atoms with Gasteiger partial charge in [0, 0.05) is 27.1 Å². The molecule has 0 amide bonds. The molecule has 0 saturated carbocycles. The van der Waals surface area contributed by atoms with E-state index in [0.717, 1.165) is 30.5 Å². The van der Waals surface area contributed by atoms with Gasteiger partial charge in [-0.25, -0.2) is 4.98 Å². The van der Waals surface area contributed by atoms with Crippen molar-refractivity contribution in [1.82, 2.24) is 25.4 Å². The number of nitrogens with one attached hydrogen (secondary N) is 2. The lowest BCUT2D eigenvalue weighted by molar-refractivity contribution is 0.506. The highest BCUT2D eigenvalue weighted by Gasteiger charge is 2.02. The second kappa shape index (κ2) is 8.56. The first-order chi connectivity index (χ1) is 9.29. The molecule has 2 N–H and O–H groups in total. The summed E-state index contributed by atoms with van der Waals surface area (Å²) >= 11 is 0. The van der Waals surface area contributed by atoms with Gasteiger partial charge in [0.25, 0.3) is 0 Å². The van der Waals surface area contributed by atoms with Gasteiger partial charge in [0.15, 0.2) is 5.96 Å². The van der Waals surface area contributed by atoms with Crippen LogP contribution in [0.15, 0.2) is 34.1 Å². The first-order valence-electron chi connectivity index (χ1n) is 6.09. The lowest BCUT2D eigenvalue weighted by Crippen LogP contribution is -2.38. The largest absolute Gasteiger partial charge is 0.469 e. The topological polar surface area (TPSA) is 80.3 Å². The van der Waals surface area contributed by atoms with E-state index in [9.17, 15) is 0 Å². The predicted molar refractivity (Wildman–Crippen MR) is 87.0 cm³/mol. The van der Waals surface area contributed by atoms with Gasteiger partial charge in [-0.05, 0) is 12.1 Å². The minimum Gasteiger partial charge on any atom is -0.469 e. The van der Waals surface area contributed by atoms with Crippen molar-refractivity contribution in [3.8, 4) is 0 Å². The van der Waals surface area contributed by atoms with Crippen LogP contribution in [-0.4, -0.2) is 34.3 Å². The van der Waals surface area contributed by atoms with Crippen LogP contribution in [0.1, 0.15) is 11.6 Å². The Balaban J connectivity index is 0.00000200. The van der Waals surface area contributed by atoms with Crippen molar-refractivity contribution in [2.24, 2.45) is 12.0 Å². The van der Waals surface area contributed by atoms with Crippen LogP contribution in [-0.2, 0) is 20.0 Å². The van der Waals surface area contributed by atoms with Crippen molar-refractivity contribution < 1.29 is 4.42 Å². The molecule has 0 aliphatic carbocycles. The van der Waals surface area contributed by atoms with Crippen LogP contribution in [0.5, 0.6) is 0 Å². The standard InChI is InChI=1S/C12H18N6O.HI/c1-13-12(14-6-5-10-4-3-7-19-10)15-8-11-16-9-17-18(11)2;/h3-4,7,9H,5-6,8H2,1-2H3,(H2,13,14,15);1H. The normalized spacial score (nSPS) is 11.0. The van der Waals surface area contributed by atoms with Crippen LogP contribution in [0.4, 0.5) is 0 Å². The molecule has 20 heavy (non-hydrogen) atoms. The maximum atomic E-state index is 5.26. The quantitative estimate of drug-likeness (QED) is 0.451. The van der Waals surface area contributed by atoms with E-state index in [-0.39, 0.29) is 24.0 Å². The van der Waals surface area contributed by atoms with Gasteiger partial charge in [-0.1, -0.05) is 0 Å². The van der Waals surface area contributed by atoms with Gasteiger partial charge in [-0.3, -0.25) is 9.67 Å². The Morgan fingerprint density at radius 2 is 2.30 bits per heavy atom. The molecule has 2 aromatic heterocycles. The highest BCUT2D eigenvalue weighted by Crippen LogP contribution is 1.99. The van der Waals surface area contributed by atoms with Gasteiger partial charge in [0.2, 0.25) is 0 Å². The van der Waals surface area contributed by atoms with Crippen LogP contribution in [0.2, 0.25) is 0 Å². The summed E-state index contributed by atoms with van der Waals surface area (Å²) in [5.74, 6) is 2.54. The van der Waals surface area contributed by atoms with Crippen LogP contribution in [0, 0.1) is 0 Å². The van der Waals surface area contributed by atoms with Crippen LogP contribution >= 0.6 is 24.0 Å². The molecule has 2 aromatic rings. The van der Waals surface area contributed by atoms with E-state index in [2.05, 4.69) is 25.7 Å². The van der Waals surface area contributed by atoms with Crippen molar-refractivity contribution in [3.63, 3.8) is 0 Å². The number of halogens is 1. The Morgan fingerprint density at radius 3 is 2.90 bits per heavy atom. The molecule has 0 aromatic carbocycles. The minimum atomic E-state index is 0. The van der Waals surface area contributed by atoms with Crippen molar-refractivity contribution in [2.45, 2.75) is 13.0 Å². The number of hydrogen-bond donors (Lipinski definition) is 2. The highest BCUT2D eigenvalue weighted by molar-refractivity contribution is 14.0. The summed E-state index contributed by atoms with van der Waals surface area (Å²) in [7, 11) is 3.59. The zero-order chi connectivity index (χ0) is 13.5. The van der Waals surface area contributed by atoms with Gasteiger partial charge < -0.3 is 15.1 Å². The molecule has 0 bridgehead atoms. The summed E-state index contributed by atoms with van der Waals surface area (Å²) in [4.78, 5) is 8.28. The van der Waals surface area contributed by atoms with E-state index in [0.29, 0.717) is 6.54 Å². The van der Waals surface area contributed by atoms with Crippen LogP contribution in [0.25, 0.3) is 0 Å². The third kappa shape index (κ3) is 4.83. The van der Waals surface area contributed by atoms with E-state index in [1.165, 1.54) is 6.33 Å². The third-order valence-electron chi connectivity index (χ3n) is 2.69. The molecule has 0 saturated heterocycles. The number of furan rings is 1. The summed E-state index contributed by atoms with van der Waals surface area (Å²) in [6.45, 7) is 1.34. The van der Waals surface area contributed by atoms with Gasteiger partial charge in [0.1, 0.15) is 17.9 Å². The molecule has 110 valence electrons. The average Bonchev–Trinajstić information content (AvgIpc) is 3.05. The molecule has 0 fully saturated rings. The third-order valence-corrected chi connectivity index (χ3v) is 2.69. The lowest BCUT2D eigenvalue weighted by atomic mass is 10.3. The monoisotopic (exact) mass is 390 g/mol. The van der Waals surface area contributed by atoms with Gasteiger partial charge in [0.05, 0.1) is 12.8 Å². The fourth-order valence-corrected chi connectivity index (χ4v) is 1.62. The average molecular weight is 390 g/mol. The summed E-state index contributed by atoms with van der Waals surface area (Å²) in [5, 5.41) is 10.4. The Bertz CT molecular complexity index is 522. The fraction of sp³-hybridized carbons (Fsp3) is 0.417. The molecule has 2 rings (SSSR count). The van der Waals surface area contributed by atoms with Gasteiger partial charge in [-0.15, -0.1) is 24.0 Å². The Kier molecular flexibility index (Phi) is 7.05. The molecule has 0 aliphatic heterocycles. The Morgan fingerprint density at radius 1 is 1.45 bits per heavy atom. The number of guanidine groups is 1. The van der Waals surface area contributed by atoms with Crippen LogP contribution < -0.4 is 10.6 Å². The van der Waals surface area contributed by atoms with Crippen LogP contribution in [0.3, 0.4) is 0 Å². The molecular formula is C12H19IN6O. The smallest absolute Gasteiger partial charge is 0.191 e. The second-order valence-corrected chi connectivity index (χ2v) is 3.98. The molecule has 0 aliphatic rings. The number of aryl methyl sites for hydroxylation is 1. The summed E-state index contributed by atoms with van der Waals surface area (Å²) < 4.78 is 6.99. The van der Waals surface area contributed by atoms with Crippen molar-refractivity contribution in [3.05, 3.63) is 36.3 Å². The Hall–Kier alpha value is -1.58. The summed E-state index contributed by atoms with van der Waals surface area (Å²) in [5.41, 5.74) is 0. The molecule has 0 atom stereocenters. The first-order valence-corrected chi connectivity index (χ1v) is 6.09. The lowest BCUT2D eigenvalue weighted by Gasteiger charge is -2.10. The van der Waals surface area contributed by atoms with Gasteiger partial charge in [-0.2, -0.15) is 5.10 Å². The number of aromatic nitrogens is 3. The highest BCUT2D eigenvalue weighted by atomic mass is 127. The van der Waals surface area contributed by atoms with E-state index in [1.807, 2.05) is 19.2 Å². The van der Waals surface area contributed by atoms with E-state index in [4.69, 9.17) is 4.42 Å². The van der Waals surface area contributed by atoms with E-state index >= 15 is 0 Å². The molecule has 0 unspecified atom stereocenters. The van der Waals surface area contributed by atoms with Crippen molar-refractivity contribution in [2.75, 3.05) is 13.6 Å². The number of aliphatic imine (C=N–C) groups is 1. The Labute approximate surface area is 134 Å². The van der Waals surface area contributed by atoms with E-state index in [1.54, 1.807) is 18.0 Å². The summed E-state index contributed by atoms with van der Waals surface area (Å²) in [6, 6.07) is 3.84. The minimum absolute atomic E-state index is 0. The van der Waals surface area contributed by atoms with E-state index < -0.39 is 0 Å². The zero-order valence-electron chi connectivity index (χ0n) is 11.5. The number of nitrogens with zero attached hydrogens (tertiary/aromatic N) is 4. The zero-order valence-corrected chi connectivity index (χ0v) is 13.9.